The van der Waals surface area contributed by atoms with E-state index in [2.05, 4.69) is 40.1 Å². The van der Waals surface area contributed by atoms with Crippen LogP contribution in [-0.4, -0.2) is 29.7 Å². The van der Waals surface area contributed by atoms with Gasteiger partial charge >= 0.3 is 0 Å². The Hall–Kier alpha value is -1.86. The lowest BCUT2D eigenvalue weighted by Crippen LogP contribution is -2.09. The zero-order chi connectivity index (χ0) is 18.0. The van der Waals surface area contributed by atoms with Crippen LogP contribution in [0.5, 0.6) is 11.5 Å². The van der Waals surface area contributed by atoms with Gasteiger partial charge in [0.05, 0.1) is 29.4 Å². The highest BCUT2D eigenvalue weighted by Crippen LogP contribution is 2.38. The molecule has 0 aliphatic rings. The summed E-state index contributed by atoms with van der Waals surface area (Å²) in [6.45, 7) is 6.73. The van der Waals surface area contributed by atoms with E-state index in [1.54, 1.807) is 18.4 Å². The largest absolute Gasteiger partial charge is 0.495 e. The summed E-state index contributed by atoms with van der Waals surface area (Å²) in [4.78, 5) is 9.44. The maximum atomic E-state index is 5.84. The summed E-state index contributed by atoms with van der Waals surface area (Å²) in [7, 11) is 1.64. The van der Waals surface area contributed by atoms with Crippen molar-refractivity contribution in [3.8, 4) is 22.9 Å². The van der Waals surface area contributed by atoms with Crippen molar-refractivity contribution < 1.29 is 9.47 Å². The van der Waals surface area contributed by atoms with Crippen LogP contribution in [0.2, 0.25) is 0 Å². The van der Waals surface area contributed by atoms with Gasteiger partial charge < -0.3 is 14.8 Å². The van der Waals surface area contributed by atoms with Crippen LogP contribution in [-0.2, 0) is 0 Å². The first-order valence-corrected chi connectivity index (χ1v) is 9.73. The first-order chi connectivity index (χ1) is 12.0. The second-order valence-corrected chi connectivity index (χ2v) is 7.40. The number of benzene rings is 1. The van der Waals surface area contributed by atoms with Crippen LogP contribution in [0.3, 0.4) is 0 Å². The molecule has 0 spiro atoms. The van der Waals surface area contributed by atoms with E-state index in [4.69, 9.17) is 14.5 Å². The summed E-state index contributed by atoms with van der Waals surface area (Å²) in [5, 5.41) is 7.15. The molecular weight excluding hydrogens is 402 g/mol. The SMILES string of the molecule is CCOc1cc(-c2csc(NC(C)C)n2)nc2c(Br)c(OC)ccc12. The van der Waals surface area contributed by atoms with E-state index >= 15 is 0 Å². The highest BCUT2D eigenvalue weighted by molar-refractivity contribution is 9.10. The number of ether oxygens (including phenoxy) is 2. The standard InChI is InChI=1S/C18H20BrN3O2S/c1-5-24-15-8-12(13-9-25-18(22-13)20-10(2)3)21-17-11(15)6-7-14(23-4)16(17)19/h6-10H,5H2,1-4H3,(H,20,22). The molecule has 1 aromatic carbocycles. The third-order valence-electron chi connectivity index (χ3n) is 3.54. The van der Waals surface area contributed by atoms with Gasteiger partial charge in [0.2, 0.25) is 0 Å². The van der Waals surface area contributed by atoms with Gasteiger partial charge in [-0.3, -0.25) is 0 Å². The van der Waals surface area contributed by atoms with E-state index in [0.29, 0.717) is 12.6 Å². The molecule has 7 heteroatoms. The maximum absolute atomic E-state index is 5.84. The molecule has 2 aromatic heterocycles. The molecule has 0 radical (unpaired) electrons. The number of methoxy groups -OCH3 is 1. The van der Waals surface area contributed by atoms with Gasteiger partial charge in [-0.05, 0) is 48.8 Å². The summed E-state index contributed by atoms with van der Waals surface area (Å²) in [5.74, 6) is 1.53. The number of halogens is 1. The van der Waals surface area contributed by atoms with Crippen molar-refractivity contribution >= 4 is 43.3 Å². The fourth-order valence-electron chi connectivity index (χ4n) is 2.48. The van der Waals surface area contributed by atoms with E-state index < -0.39 is 0 Å². The van der Waals surface area contributed by atoms with Gasteiger partial charge in [-0.15, -0.1) is 11.3 Å². The van der Waals surface area contributed by atoms with Gasteiger partial charge in [0.1, 0.15) is 17.2 Å². The van der Waals surface area contributed by atoms with E-state index in [1.165, 1.54) is 0 Å². The van der Waals surface area contributed by atoms with Crippen LogP contribution in [0, 0.1) is 0 Å². The highest BCUT2D eigenvalue weighted by atomic mass is 79.9. The summed E-state index contributed by atoms with van der Waals surface area (Å²) in [6, 6.07) is 6.15. The number of hydrogen-bond acceptors (Lipinski definition) is 6. The van der Waals surface area contributed by atoms with Crippen molar-refractivity contribution in [1.29, 1.82) is 0 Å². The number of nitrogens with one attached hydrogen (secondary N) is 1. The molecule has 5 nitrogen and oxygen atoms in total. The lowest BCUT2D eigenvalue weighted by molar-refractivity contribution is 0.344. The number of fused-ring (bicyclic) bond motifs is 1. The fourth-order valence-corrected chi connectivity index (χ4v) is 3.93. The zero-order valence-electron chi connectivity index (χ0n) is 14.6. The normalized spacial score (nSPS) is 11.1. The van der Waals surface area contributed by atoms with Crippen molar-refractivity contribution in [2.45, 2.75) is 26.8 Å². The second-order valence-electron chi connectivity index (χ2n) is 5.75. The molecule has 0 atom stereocenters. The lowest BCUT2D eigenvalue weighted by atomic mass is 10.1. The molecule has 0 aliphatic carbocycles. The van der Waals surface area contributed by atoms with Crippen LogP contribution in [0.4, 0.5) is 5.13 Å². The predicted octanol–water partition coefficient (Wildman–Crippen LogP) is 5.35. The molecule has 3 rings (SSSR count). The second kappa shape index (κ2) is 7.58. The molecule has 0 saturated carbocycles. The van der Waals surface area contributed by atoms with Crippen LogP contribution in [0.1, 0.15) is 20.8 Å². The van der Waals surface area contributed by atoms with Crippen molar-refractivity contribution in [2.75, 3.05) is 19.0 Å². The number of rotatable bonds is 6. The number of thiazole rings is 1. The van der Waals surface area contributed by atoms with Gasteiger partial charge in [-0.1, -0.05) is 0 Å². The Bertz CT molecular complexity index is 895. The van der Waals surface area contributed by atoms with Gasteiger partial charge in [0, 0.05) is 22.9 Å². The summed E-state index contributed by atoms with van der Waals surface area (Å²) in [6.07, 6.45) is 0. The third-order valence-corrected chi connectivity index (χ3v) is 5.08. The van der Waals surface area contributed by atoms with E-state index in [0.717, 1.165) is 43.4 Å². The number of hydrogen-bond donors (Lipinski definition) is 1. The van der Waals surface area contributed by atoms with Crippen molar-refractivity contribution in [3.05, 3.63) is 28.1 Å². The summed E-state index contributed by atoms with van der Waals surface area (Å²) >= 11 is 5.17. The maximum Gasteiger partial charge on any atom is 0.183 e. The Morgan fingerprint density at radius 1 is 1.20 bits per heavy atom. The Kier molecular flexibility index (Phi) is 5.44. The molecule has 0 fully saturated rings. The molecule has 3 aromatic rings. The first kappa shape index (κ1) is 17.9. The van der Waals surface area contributed by atoms with Crippen molar-refractivity contribution in [3.63, 3.8) is 0 Å². The van der Waals surface area contributed by atoms with Crippen LogP contribution >= 0.6 is 27.3 Å². The zero-order valence-corrected chi connectivity index (χ0v) is 17.0. The molecule has 0 saturated heterocycles. The average Bonchev–Trinajstić information content (AvgIpc) is 3.03. The minimum atomic E-state index is 0.334. The van der Waals surface area contributed by atoms with Crippen LogP contribution in [0.25, 0.3) is 22.3 Å². The van der Waals surface area contributed by atoms with E-state index in [9.17, 15) is 0 Å². The number of anilines is 1. The monoisotopic (exact) mass is 421 g/mol. The number of pyridine rings is 1. The molecule has 2 heterocycles. The molecular formula is C18H20BrN3O2S. The average molecular weight is 422 g/mol. The molecule has 0 amide bonds. The quantitative estimate of drug-likeness (QED) is 0.581. The van der Waals surface area contributed by atoms with Crippen LogP contribution in [0.15, 0.2) is 28.1 Å². The van der Waals surface area contributed by atoms with Gasteiger partial charge in [0.25, 0.3) is 0 Å². The van der Waals surface area contributed by atoms with Crippen molar-refractivity contribution in [1.82, 2.24) is 9.97 Å². The van der Waals surface area contributed by atoms with Crippen molar-refractivity contribution in [2.24, 2.45) is 0 Å². The minimum Gasteiger partial charge on any atom is -0.495 e. The Labute approximate surface area is 159 Å². The van der Waals surface area contributed by atoms with Gasteiger partial charge in [-0.25, -0.2) is 9.97 Å². The fraction of sp³-hybridized carbons (Fsp3) is 0.333. The number of aromatic nitrogens is 2. The van der Waals surface area contributed by atoms with E-state index in [1.807, 2.05) is 30.5 Å². The topological polar surface area (TPSA) is 56.3 Å². The molecule has 0 bridgehead atoms. The molecule has 0 aliphatic heterocycles. The minimum absolute atomic E-state index is 0.334. The highest BCUT2D eigenvalue weighted by Gasteiger charge is 2.15. The first-order valence-electron chi connectivity index (χ1n) is 8.06. The predicted molar refractivity (Wildman–Crippen MR) is 107 cm³/mol. The van der Waals surface area contributed by atoms with Crippen LogP contribution < -0.4 is 14.8 Å². The summed E-state index contributed by atoms with van der Waals surface area (Å²) < 4.78 is 12.0. The molecule has 1 N–H and O–H groups in total. The molecule has 132 valence electrons. The van der Waals surface area contributed by atoms with E-state index in [-0.39, 0.29) is 0 Å². The third kappa shape index (κ3) is 3.72. The number of nitrogens with zero attached hydrogens (tertiary/aromatic N) is 2. The Morgan fingerprint density at radius 3 is 2.68 bits per heavy atom. The lowest BCUT2D eigenvalue weighted by Gasteiger charge is -2.12. The summed E-state index contributed by atoms with van der Waals surface area (Å²) in [5.41, 5.74) is 2.40. The Morgan fingerprint density at radius 2 is 2.00 bits per heavy atom. The smallest absolute Gasteiger partial charge is 0.183 e. The van der Waals surface area contributed by atoms with Gasteiger partial charge in [0.15, 0.2) is 5.13 Å². The molecule has 0 unspecified atom stereocenters. The molecule has 25 heavy (non-hydrogen) atoms. The van der Waals surface area contributed by atoms with Gasteiger partial charge in [-0.2, -0.15) is 0 Å². The Balaban J connectivity index is 2.14.